The summed E-state index contributed by atoms with van der Waals surface area (Å²) in [5, 5.41) is 2.99. The van der Waals surface area contributed by atoms with Gasteiger partial charge in [-0.2, -0.15) is 0 Å². The second-order valence-corrected chi connectivity index (χ2v) is 9.93. The summed E-state index contributed by atoms with van der Waals surface area (Å²) in [6, 6.07) is 21.1. The van der Waals surface area contributed by atoms with Crippen LogP contribution < -0.4 is 15.0 Å². The number of thioether (sulfide) groups is 1. The number of fused-ring (bicyclic) bond motifs is 2. The van der Waals surface area contributed by atoms with Gasteiger partial charge in [-0.15, -0.1) is 11.8 Å². The van der Waals surface area contributed by atoms with E-state index in [9.17, 15) is 9.59 Å². The number of hydrogen-bond acceptors (Lipinski definition) is 4. The standard InChI is InChI=1S/C27H27N3O3S/c1-18-8-10-21(11-9-18)28-26(32)30-14-15-34-27(30)23-16-22(33-3)12-13-24(23)29(25(27)31)17-20-7-5-4-6-19(20)2/h4-13,16H,14-15,17H2,1-3H3,(H,28,32)/t27-/m0/s1. The van der Waals surface area contributed by atoms with E-state index in [1.54, 1.807) is 12.0 Å². The number of nitrogens with one attached hydrogen (secondary N) is 1. The third-order valence-electron chi connectivity index (χ3n) is 6.54. The first-order chi connectivity index (χ1) is 16.4. The summed E-state index contributed by atoms with van der Waals surface area (Å²) >= 11 is 1.51. The number of amides is 3. The van der Waals surface area contributed by atoms with Crippen LogP contribution in [0.5, 0.6) is 5.75 Å². The van der Waals surface area contributed by atoms with Crippen molar-refractivity contribution in [2.24, 2.45) is 0 Å². The minimum absolute atomic E-state index is 0.0967. The number of urea groups is 1. The number of benzene rings is 3. The number of aryl methyl sites for hydroxylation is 2. The molecule has 0 aromatic heterocycles. The number of nitrogens with zero attached hydrogens (tertiary/aromatic N) is 2. The molecule has 2 aliphatic heterocycles. The summed E-state index contributed by atoms with van der Waals surface area (Å²) in [4.78, 5) is 30.0. The van der Waals surface area contributed by atoms with E-state index in [2.05, 4.69) is 5.32 Å². The van der Waals surface area contributed by atoms with Crippen molar-refractivity contribution in [3.63, 3.8) is 0 Å². The molecule has 1 atom stereocenters. The van der Waals surface area contributed by atoms with Crippen LogP contribution >= 0.6 is 11.8 Å². The lowest BCUT2D eigenvalue weighted by Gasteiger charge is -2.33. The fraction of sp³-hybridized carbons (Fsp3) is 0.259. The molecule has 1 saturated heterocycles. The summed E-state index contributed by atoms with van der Waals surface area (Å²) in [6.45, 7) is 4.97. The number of anilines is 2. The molecule has 174 valence electrons. The summed E-state index contributed by atoms with van der Waals surface area (Å²) in [5.41, 5.74) is 5.64. The van der Waals surface area contributed by atoms with E-state index in [1.165, 1.54) is 11.8 Å². The molecule has 1 spiro atoms. The van der Waals surface area contributed by atoms with Crippen LogP contribution in [0.1, 0.15) is 22.3 Å². The lowest BCUT2D eigenvalue weighted by molar-refractivity contribution is -0.123. The van der Waals surface area contributed by atoms with Crippen LogP contribution in [0.3, 0.4) is 0 Å². The lowest BCUT2D eigenvalue weighted by Crippen LogP contribution is -2.51. The molecule has 3 aromatic carbocycles. The predicted octanol–water partition coefficient (Wildman–Crippen LogP) is 5.29. The Balaban J connectivity index is 1.55. The van der Waals surface area contributed by atoms with Crippen molar-refractivity contribution in [3.05, 3.63) is 89.0 Å². The van der Waals surface area contributed by atoms with Gasteiger partial charge in [-0.05, 0) is 55.3 Å². The van der Waals surface area contributed by atoms with Gasteiger partial charge in [0.15, 0.2) is 4.87 Å². The Bertz CT molecular complexity index is 1260. The Labute approximate surface area is 203 Å². The predicted molar refractivity (Wildman–Crippen MR) is 136 cm³/mol. The maximum Gasteiger partial charge on any atom is 0.323 e. The molecule has 2 aliphatic rings. The highest BCUT2D eigenvalue weighted by Crippen LogP contribution is 2.55. The monoisotopic (exact) mass is 473 g/mol. The Kier molecular flexibility index (Phi) is 5.73. The molecule has 6 nitrogen and oxygen atoms in total. The quantitative estimate of drug-likeness (QED) is 0.559. The Morgan fingerprint density at radius 2 is 1.85 bits per heavy atom. The Hall–Kier alpha value is -3.45. The Morgan fingerprint density at radius 3 is 2.59 bits per heavy atom. The normalized spacial score (nSPS) is 19.0. The van der Waals surface area contributed by atoms with Crippen molar-refractivity contribution < 1.29 is 14.3 Å². The van der Waals surface area contributed by atoms with E-state index in [0.29, 0.717) is 30.3 Å². The van der Waals surface area contributed by atoms with Gasteiger partial charge < -0.3 is 15.0 Å². The molecule has 2 heterocycles. The van der Waals surface area contributed by atoms with Crippen LogP contribution in [0, 0.1) is 13.8 Å². The van der Waals surface area contributed by atoms with Gasteiger partial charge >= 0.3 is 6.03 Å². The van der Waals surface area contributed by atoms with Crippen LogP contribution in [0.2, 0.25) is 0 Å². The van der Waals surface area contributed by atoms with Crippen molar-refractivity contribution in [2.45, 2.75) is 25.3 Å². The van der Waals surface area contributed by atoms with Crippen molar-refractivity contribution in [3.8, 4) is 5.75 Å². The van der Waals surface area contributed by atoms with Gasteiger partial charge in [0.1, 0.15) is 5.75 Å². The Morgan fingerprint density at radius 1 is 1.09 bits per heavy atom. The topological polar surface area (TPSA) is 61.9 Å². The van der Waals surface area contributed by atoms with Crippen molar-refractivity contribution in [1.82, 2.24) is 4.90 Å². The zero-order chi connectivity index (χ0) is 23.9. The number of carbonyl (C=O) groups is 2. The largest absolute Gasteiger partial charge is 0.497 e. The molecule has 1 fully saturated rings. The van der Waals surface area contributed by atoms with E-state index in [0.717, 1.165) is 27.9 Å². The maximum absolute atomic E-state index is 14.2. The number of carbonyl (C=O) groups excluding carboxylic acids is 2. The van der Waals surface area contributed by atoms with E-state index in [-0.39, 0.29) is 11.9 Å². The molecule has 7 heteroatoms. The number of rotatable bonds is 4. The van der Waals surface area contributed by atoms with E-state index in [1.807, 2.05) is 85.5 Å². The minimum Gasteiger partial charge on any atom is -0.497 e. The molecule has 5 rings (SSSR count). The van der Waals surface area contributed by atoms with Crippen molar-refractivity contribution in [1.29, 1.82) is 0 Å². The van der Waals surface area contributed by atoms with Crippen LogP contribution in [0.15, 0.2) is 66.7 Å². The van der Waals surface area contributed by atoms with E-state index in [4.69, 9.17) is 4.74 Å². The third kappa shape index (κ3) is 3.60. The summed E-state index contributed by atoms with van der Waals surface area (Å²) in [5.74, 6) is 1.23. The molecule has 0 radical (unpaired) electrons. The second kappa shape index (κ2) is 8.72. The molecule has 0 unspecified atom stereocenters. The average Bonchev–Trinajstić information content (AvgIpc) is 3.39. The number of hydrogen-bond donors (Lipinski definition) is 1. The summed E-state index contributed by atoms with van der Waals surface area (Å²) in [7, 11) is 1.61. The lowest BCUT2D eigenvalue weighted by atomic mass is 10.1. The highest BCUT2D eigenvalue weighted by atomic mass is 32.2. The molecule has 0 saturated carbocycles. The fourth-order valence-corrected chi connectivity index (χ4v) is 6.12. The molecule has 34 heavy (non-hydrogen) atoms. The summed E-state index contributed by atoms with van der Waals surface area (Å²) < 4.78 is 5.49. The van der Waals surface area contributed by atoms with E-state index < -0.39 is 4.87 Å². The summed E-state index contributed by atoms with van der Waals surface area (Å²) in [6.07, 6.45) is 0. The van der Waals surface area contributed by atoms with Gasteiger partial charge in [-0.1, -0.05) is 42.0 Å². The highest BCUT2D eigenvalue weighted by molar-refractivity contribution is 8.01. The zero-order valence-electron chi connectivity index (χ0n) is 19.5. The molecule has 3 amide bonds. The van der Waals surface area contributed by atoms with Gasteiger partial charge in [-0.25, -0.2) is 4.79 Å². The molecular formula is C27H27N3O3S. The average molecular weight is 474 g/mol. The zero-order valence-corrected chi connectivity index (χ0v) is 20.3. The first-order valence-electron chi connectivity index (χ1n) is 11.3. The van der Waals surface area contributed by atoms with E-state index >= 15 is 0 Å². The second-order valence-electron chi connectivity index (χ2n) is 8.64. The number of methoxy groups -OCH3 is 1. The van der Waals surface area contributed by atoms with Crippen LogP contribution in [-0.4, -0.2) is 36.2 Å². The third-order valence-corrected chi connectivity index (χ3v) is 7.96. The maximum atomic E-state index is 14.2. The van der Waals surface area contributed by atoms with Gasteiger partial charge in [0.2, 0.25) is 0 Å². The highest BCUT2D eigenvalue weighted by Gasteiger charge is 2.59. The first-order valence-corrected chi connectivity index (χ1v) is 12.3. The smallest absolute Gasteiger partial charge is 0.323 e. The molecule has 0 bridgehead atoms. The van der Waals surface area contributed by atoms with Crippen LogP contribution in [-0.2, 0) is 16.2 Å². The first kappa shape index (κ1) is 22.3. The van der Waals surface area contributed by atoms with Gasteiger partial charge in [0, 0.05) is 23.5 Å². The van der Waals surface area contributed by atoms with Crippen molar-refractivity contribution in [2.75, 3.05) is 29.6 Å². The fourth-order valence-electron chi connectivity index (χ4n) is 4.66. The minimum atomic E-state index is -1.12. The van der Waals surface area contributed by atoms with Crippen LogP contribution in [0.4, 0.5) is 16.2 Å². The molecule has 3 aromatic rings. The molecule has 1 N–H and O–H groups in total. The number of ether oxygens (including phenoxy) is 1. The van der Waals surface area contributed by atoms with Crippen LogP contribution in [0.25, 0.3) is 0 Å². The van der Waals surface area contributed by atoms with Gasteiger partial charge in [-0.3, -0.25) is 9.69 Å². The van der Waals surface area contributed by atoms with Crippen molar-refractivity contribution >= 4 is 35.1 Å². The van der Waals surface area contributed by atoms with Gasteiger partial charge in [0.25, 0.3) is 5.91 Å². The SMILES string of the molecule is COc1ccc2c(c1)[C@]1(SCCN1C(=O)Nc1ccc(C)cc1)C(=O)N2Cc1ccccc1C. The molecular weight excluding hydrogens is 446 g/mol. The van der Waals surface area contributed by atoms with Gasteiger partial charge in [0.05, 0.1) is 19.3 Å². The molecule has 0 aliphatic carbocycles.